The Morgan fingerprint density at radius 2 is 2.00 bits per heavy atom. The van der Waals surface area contributed by atoms with E-state index in [-0.39, 0.29) is 11.3 Å². The fourth-order valence-corrected chi connectivity index (χ4v) is 2.37. The molecule has 3 heteroatoms. The molecule has 0 atom stereocenters. The second-order valence-corrected chi connectivity index (χ2v) is 5.21. The number of nitrogens with one attached hydrogen (secondary N) is 1. The minimum atomic E-state index is -0.0800. The van der Waals surface area contributed by atoms with Gasteiger partial charge < -0.3 is 9.73 Å². The maximum absolute atomic E-state index is 11.8. The minimum absolute atomic E-state index is 0.0800. The van der Waals surface area contributed by atoms with Crippen LogP contribution in [0.15, 0.2) is 59.2 Å². The van der Waals surface area contributed by atoms with E-state index in [2.05, 4.69) is 17.4 Å². The number of carbonyl (C=O) groups is 1. The summed E-state index contributed by atoms with van der Waals surface area (Å²) in [5.41, 5.74) is 1.46. The van der Waals surface area contributed by atoms with Crippen molar-refractivity contribution in [3.63, 3.8) is 0 Å². The zero-order valence-corrected chi connectivity index (χ0v) is 11.2. The van der Waals surface area contributed by atoms with Gasteiger partial charge >= 0.3 is 0 Å². The lowest BCUT2D eigenvalue weighted by Gasteiger charge is -2.15. The zero-order chi connectivity index (χ0) is 13.8. The molecular formula is C17H17NO2. The molecule has 3 nitrogen and oxygen atoms in total. The molecule has 20 heavy (non-hydrogen) atoms. The van der Waals surface area contributed by atoms with Crippen LogP contribution in [0.4, 0.5) is 0 Å². The smallest absolute Gasteiger partial charge is 0.244 e. The van der Waals surface area contributed by atoms with Gasteiger partial charge in [0.05, 0.1) is 6.26 Å². The molecule has 0 spiro atoms. The normalized spacial score (nSPS) is 16.2. The van der Waals surface area contributed by atoms with Crippen LogP contribution in [0, 0.1) is 0 Å². The highest BCUT2D eigenvalue weighted by Gasteiger charge is 2.43. The first kappa shape index (κ1) is 12.7. The summed E-state index contributed by atoms with van der Waals surface area (Å²) in [7, 11) is 0. The van der Waals surface area contributed by atoms with Crippen LogP contribution in [0.3, 0.4) is 0 Å². The molecule has 0 unspecified atom stereocenters. The van der Waals surface area contributed by atoms with Crippen molar-refractivity contribution in [3.8, 4) is 0 Å². The van der Waals surface area contributed by atoms with E-state index < -0.39 is 0 Å². The van der Waals surface area contributed by atoms with E-state index in [9.17, 15) is 4.79 Å². The van der Waals surface area contributed by atoms with Crippen molar-refractivity contribution in [3.05, 3.63) is 66.1 Å². The Kier molecular flexibility index (Phi) is 3.42. The highest BCUT2D eigenvalue weighted by molar-refractivity contribution is 5.91. The number of furan rings is 1. The third-order valence-corrected chi connectivity index (χ3v) is 3.78. The molecule has 1 fully saturated rings. The largest absolute Gasteiger partial charge is 0.465 e. The van der Waals surface area contributed by atoms with E-state index in [0.717, 1.165) is 12.8 Å². The van der Waals surface area contributed by atoms with Crippen molar-refractivity contribution in [2.45, 2.75) is 18.3 Å². The molecule has 0 radical (unpaired) electrons. The second kappa shape index (κ2) is 5.37. The Hall–Kier alpha value is -2.29. The lowest BCUT2D eigenvalue weighted by molar-refractivity contribution is -0.116. The molecule has 1 aliphatic rings. The molecule has 1 aromatic heterocycles. The average molecular weight is 267 g/mol. The van der Waals surface area contributed by atoms with Crippen molar-refractivity contribution in [1.29, 1.82) is 0 Å². The second-order valence-electron chi connectivity index (χ2n) is 5.21. The lowest BCUT2D eigenvalue weighted by atomic mass is 9.96. The molecule has 1 aliphatic carbocycles. The van der Waals surface area contributed by atoms with E-state index in [1.807, 2.05) is 24.3 Å². The van der Waals surface area contributed by atoms with Gasteiger partial charge in [-0.3, -0.25) is 4.79 Å². The Morgan fingerprint density at radius 1 is 1.20 bits per heavy atom. The maximum atomic E-state index is 11.8. The van der Waals surface area contributed by atoms with Crippen molar-refractivity contribution < 1.29 is 9.21 Å². The van der Waals surface area contributed by atoms with E-state index in [1.165, 1.54) is 11.6 Å². The van der Waals surface area contributed by atoms with Crippen LogP contribution in [0.25, 0.3) is 6.08 Å². The van der Waals surface area contributed by atoms with E-state index in [4.69, 9.17) is 4.42 Å². The van der Waals surface area contributed by atoms with Crippen molar-refractivity contribution in [2.75, 3.05) is 6.54 Å². The summed E-state index contributed by atoms with van der Waals surface area (Å²) in [5, 5.41) is 2.98. The highest BCUT2D eigenvalue weighted by Crippen LogP contribution is 2.47. The Bertz CT molecular complexity index is 595. The molecule has 102 valence electrons. The van der Waals surface area contributed by atoms with Gasteiger partial charge in [-0.25, -0.2) is 0 Å². The van der Waals surface area contributed by atoms with Gasteiger partial charge in [0, 0.05) is 18.0 Å². The Morgan fingerprint density at radius 3 is 2.65 bits per heavy atom. The van der Waals surface area contributed by atoms with Crippen molar-refractivity contribution >= 4 is 12.0 Å². The van der Waals surface area contributed by atoms with Gasteiger partial charge in [-0.1, -0.05) is 30.3 Å². The van der Waals surface area contributed by atoms with Gasteiger partial charge in [-0.05, 0) is 36.6 Å². The molecule has 2 aromatic rings. The predicted octanol–water partition coefficient (Wildman–Crippen LogP) is 3.14. The molecule has 0 bridgehead atoms. The van der Waals surface area contributed by atoms with Crippen LogP contribution < -0.4 is 5.32 Å². The van der Waals surface area contributed by atoms with E-state index in [1.54, 1.807) is 18.4 Å². The quantitative estimate of drug-likeness (QED) is 0.846. The van der Waals surface area contributed by atoms with Crippen molar-refractivity contribution in [2.24, 2.45) is 0 Å². The third-order valence-electron chi connectivity index (χ3n) is 3.78. The van der Waals surface area contributed by atoms with Crippen LogP contribution in [-0.4, -0.2) is 12.5 Å². The summed E-state index contributed by atoms with van der Waals surface area (Å²) < 4.78 is 5.14. The highest BCUT2D eigenvalue weighted by atomic mass is 16.3. The summed E-state index contributed by atoms with van der Waals surface area (Å²) in [6.07, 6.45) is 7.06. The molecule has 1 saturated carbocycles. The fourth-order valence-electron chi connectivity index (χ4n) is 2.37. The summed E-state index contributed by atoms with van der Waals surface area (Å²) in [6, 6.07) is 14.0. The van der Waals surface area contributed by atoms with Crippen molar-refractivity contribution in [1.82, 2.24) is 5.32 Å². The number of carbonyl (C=O) groups excluding carboxylic acids is 1. The molecule has 1 amide bonds. The summed E-state index contributed by atoms with van der Waals surface area (Å²) in [6.45, 7) is 0.693. The Balaban J connectivity index is 1.56. The number of amides is 1. The minimum Gasteiger partial charge on any atom is -0.465 e. The summed E-state index contributed by atoms with van der Waals surface area (Å²) in [4.78, 5) is 11.8. The number of benzene rings is 1. The molecule has 1 N–H and O–H groups in total. The molecule has 0 aliphatic heterocycles. The number of hydrogen-bond acceptors (Lipinski definition) is 2. The van der Waals surface area contributed by atoms with E-state index in [0.29, 0.717) is 12.3 Å². The van der Waals surface area contributed by atoms with Gasteiger partial charge in [-0.15, -0.1) is 0 Å². The van der Waals surface area contributed by atoms with Gasteiger partial charge in [-0.2, -0.15) is 0 Å². The summed E-state index contributed by atoms with van der Waals surface area (Å²) in [5.74, 6) is 0.605. The molecule has 0 saturated heterocycles. The average Bonchev–Trinajstić information content (AvgIpc) is 3.11. The SMILES string of the molecule is O=C(/C=C/c1ccco1)NCC1(c2ccccc2)CC1. The van der Waals surface area contributed by atoms with Gasteiger partial charge in [0.2, 0.25) is 5.91 Å². The first-order valence-corrected chi connectivity index (χ1v) is 6.83. The fraction of sp³-hybridized carbons (Fsp3) is 0.235. The van der Waals surface area contributed by atoms with Gasteiger partial charge in [0.15, 0.2) is 0 Å². The monoisotopic (exact) mass is 267 g/mol. The molecule has 1 aromatic carbocycles. The topological polar surface area (TPSA) is 42.2 Å². The Labute approximate surface area is 118 Å². The van der Waals surface area contributed by atoms with Crippen LogP contribution >= 0.6 is 0 Å². The van der Waals surface area contributed by atoms with Gasteiger partial charge in [0.1, 0.15) is 5.76 Å². The molecule has 3 rings (SSSR count). The first-order chi connectivity index (χ1) is 9.78. The van der Waals surface area contributed by atoms with Crippen LogP contribution in [0.2, 0.25) is 0 Å². The van der Waals surface area contributed by atoms with Gasteiger partial charge in [0.25, 0.3) is 0 Å². The summed E-state index contributed by atoms with van der Waals surface area (Å²) >= 11 is 0. The standard InChI is InChI=1S/C17H17NO2/c19-16(9-8-15-7-4-12-20-15)18-13-17(10-11-17)14-5-2-1-3-6-14/h1-9,12H,10-11,13H2,(H,18,19)/b9-8+. The number of hydrogen-bond donors (Lipinski definition) is 1. The maximum Gasteiger partial charge on any atom is 0.244 e. The predicted molar refractivity (Wildman–Crippen MR) is 78.1 cm³/mol. The van der Waals surface area contributed by atoms with Crippen LogP contribution in [0.1, 0.15) is 24.2 Å². The molecule has 1 heterocycles. The lowest BCUT2D eigenvalue weighted by Crippen LogP contribution is -2.30. The third kappa shape index (κ3) is 2.82. The van der Waals surface area contributed by atoms with Crippen LogP contribution in [-0.2, 0) is 10.2 Å². The molecular weight excluding hydrogens is 250 g/mol. The van der Waals surface area contributed by atoms with Crippen LogP contribution in [0.5, 0.6) is 0 Å². The van der Waals surface area contributed by atoms with E-state index >= 15 is 0 Å². The zero-order valence-electron chi connectivity index (χ0n) is 11.2. The first-order valence-electron chi connectivity index (χ1n) is 6.83. The number of rotatable bonds is 5.